The van der Waals surface area contributed by atoms with Crippen molar-refractivity contribution in [3.05, 3.63) is 42.2 Å². The van der Waals surface area contributed by atoms with Gasteiger partial charge in [0.15, 0.2) is 0 Å². The van der Waals surface area contributed by atoms with Crippen molar-refractivity contribution in [3.63, 3.8) is 0 Å². The molecule has 6 nitrogen and oxygen atoms in total. The van der Waals surface area contributed by atoms with Crippen molar-refractivity contribution in [2.75, 3.05) is 10.5 Å². The molecule has 0 aliphatic rings. The smallest absolute Gasteiger partial charge is 0.237 e. The van der Waals surface area contributed by atoms with Gasteiger partial charge in [0.2, 0.25) is 10.0 Å². The van der Waals surface area contributed by atoms with Gasteiger partial charge in [-0.1, -0.05) is 12.1 Å². The Labute approximate surface area is 112 Å². The maximum absolute atomic E-state index is 12.0. The van der Waals surface area contributed by atoms with Crippen LogP contribution in [0.3, 0.4) is 0 Å². The van der Waals surface area contributed by atoms with Crippen molar-refractivity contribution >= 4 is 21.4 Å². The lowest BCUT2D eigenvalue weighted by molar-refractivity contribution is 0.600. The summed E-state index contributed by atoms with van der Waals surface area (Å²) in [4.78, 5) is 0. The van der Waals surface area contributed by atoms with Crippen molar-refractivity contribution in [2.24, 2.45) is 0 Å². The third-order valence-corrected chi connectivity index (χ3v) is 3.80. The molecule has 1 aromatic heterocycles. The largest absolute Gasteiger partial charge is 0.399 e. The highest BCUT2D eigenvalue weighted by atomic mass is 32.2. The molecule has 2 aromatic rings. The fourth-order valence-corrected chi connectivity index (χ4v) is 2.86. The van der Waals surface area contributed by atoms with E-state index in [2.05, 4.69) is 9.82 Å². The van der Waals surface area contributed by atoms with Crippen LogP contribution in [0.1, 0.15) is 12.5 Å². The fourth-order valence-electron chi connectivity index (χ4n) is 1.71. The summed E-state index contributed by atoms with van der Waals surface area (Å²) in [5, 5.41) is 4.01. The summed E-state index contributed by atoms with van der Waals surface area (Å²) in [5.41, 5.74) is 7.28. The molecule has 0 bridgehead atoms. The minimum Gasteiger partial charge on any atom is -0.399 e. The molecule has 19 heavy (non-hydrogen) atoms. The molecular formula is C12H16N4O2S. The molecular weight excluding hydrogens is 264 g/mol. The minimum atomic E-state index is -3.46. The van der Waals surface area contributed by atoms with Crippen molar-refractivity contribution < 1.29 is 8.42 Å². The number of aryl methyl sites for hydroxylation is 1. The van der Waals surface area contributed by atoms with Gasteiger partial charge >= 0.3 is 0 Å². The molecule has 0 spiro atoms. The maximum Gasteiger partial charge on any atom is 0.237 e. The van der Waals surface area contributed by atoms with Crippen LogP contribution in [-0.4, -0.2) is 18.2 Å². The summed E-state index contributed by atoms with van der Waals surface area (Å²) < 4.78 is 28.1. The van der Waals surface area contributed by atoms with E-state index in [0.29, 0.717) is 23.5 Å². The first kappa shape index (κ1) is 13.4. The van der Waals surface area contributed by atoms with Crippen molar-refractivity contribution in [2.45, 2.75) is 19.2 Å². The Morgan fingerprint density at radius 3 is 2.84 bits per heavy atom. The predicted octanol–water partition coefficient (Wildman–Crippen LogP) is 1.43. The second-order valence-electron chi connectivity index (χ2n) is 4.19. The number of nitrogen functional groups attached to an aromatic ring is 1. The van der Waals surface area contributed by atoms with E-state index in [1.807, 2.05) is 6.92 Å². The Bertz CT molecular complexity index is 664. The number of sulfonamides is 1. The van der Waals surface area contributed by atoms with Gasteiger partial charge in [-0.25, -0.2) is 8.42 Å². The van der Waals surface area contributed by atoms with Crippen molar-refractivity contribution in [1.29, 1.82) is 0 Å². The SMILES string of the molecule is CCn1cc(NS(=O)(=O)Cc2cccc(N)c2)cn1. The molecule has 0 aliphatic carbocycles. The highest BCUT2D eigenvalue weighted by Gasteiger charge is 2.12. The number of nitrogens with zero attached hydrogens (tertiary/aromatic N) is 2. The van der Waals surface area contributed by atoms with E-state index < -0.39 is 10.0 Å². The summed E-state index contributed by atoms with van der Waals surface area (Å²) in [6, 6.07) is 6.82. The maximum atomic E-state index is 12.0. The average Bonchev–Trinajstić information content (AvgIpc) is 2.75. The Hall–Kier alpha value is -2.02. The van der Waals surface area contributed by atoms with E-state index >= 15 is 0 Å². The molecule has 0 unspecified atom stereocenters. The zero-order chi connectivity index (χ0) is 13.9. The van der Waals surface area contributed by atoms with E-state index in [0.717, 1.165) is 0 Å². The molecule has 0 saturated heterocycles. The van der Waals surface area contributed by atoms with Crippen LogP contribution in [0.15, 0.2) is 36.7 Å². The van der Waals surface area contributed by atoms with Crippen molar-refractivity contribution in [3.8, 4) is 0 Å². The van der Waals surface area contributed by atoms with Gasteiger partial charge in [-0.05, 0) is 24.6 Å². The molecule has 0 aliphatic heterocycles. The van der Waals surface area contributed by atoms with E-state index in [4.69, 9.17) is 5.73 Å². The van der Waals surface area contributed by atoms with E-state index in [-0.39, 0.29) is 5.75 Å². The molecule has 1 heterocycles. The van der Waals surface area contributed by atoms with Crippen molar-refractivity contribution in [1.82, 2.24) is 9.78 Å². The van der Waals surface area contributed by atoms with Gasteiger partial charge in [-0.3, -0.25) is 9.40 Å². The van der Waals surface area contributed by atoms with E-state index in [1.165, 1.54) is 6.20 Å². The molecule has 3 N–H and O–H groups in total. The number of nitrogens with two attached hydrogens (primary N) is 1. The second-order valence-corrected chi connectivity index (χ2v) is 5.91. The van der Waals surface area contributed by atoms with Gasteiger partial charge in [0.1, 0.15) is 0 Å². The molecule has 0 fully saturated rings. The number of aromatic nitrogens is 2. The van der Waals surface area contributed by atoms with Gasteiger partial charge in [0.05, 0.1) is 17.6 Å². The Morgan fingerprint density at radius 1 is 1.42 bits per heavy atom. The fraction of sp³-hybridized carbons (Fsp3) is 0.250. The number of hydrogen-bond acceptors (Lipinski definition) is 4. The van der Waals surface area contributed by atoms with Gasteiger partial charge in [0.25, 0.3) is 0 Å². The average molecular weight is 280 g/mol. The molecule has 0 amide bonds. The Morgan fingerprint density at radius 2 is 2.21 bits per heavy atom. The summed E-state index contributed by atoms with van der Waals surface area (Å²) in [5.74, 6) is -0.116. The lowest BCUT2D eigenvalue weighted by atomic mass is 10.2. The monoisotopic (exact) mass is 280 g/mol. The highest BCUT2D eigenvalue weighted by molar-refractivity contribution is 7.91. The number of hydrogen-bond donors (Lipinski definition) is 2. The van der Waals surface area contributed by atoms with Gasteiger partial charge in [-0.15, -0.1) is 0 Å². The van der Waals surface area contributed by atoms with Gasteiger partial charge < -0.3 is 5.73 Å². The van der Waals surface area contributed by atoms with Crippen LogP contribution in [-0.2, 0) is 22.3 Å². The molecule has 2 rings (SSSR count). The van der Waals surface area contributed by atoms with E-state index in [9.17, 15) is 8.42 Å². The first-order valence-corrected chi connectivity index (χ1v) is 7.51. The van der Waals surface area contributed by atoms with Crippen LogP contribution in [0.4, 0.5) is 11.4 Å². The lowest BCUT2D eigenvalue weighted by Gasteiger charge is -2.06. The topological polar surface area (TPSA) is 90.0 Å². The van der Waals surface area contributed by atoms with Crippen LogP contribution in [0.5, 0.6) is 0 Å². The number of nitrogens with one attached hydrogen (secondary N) is 1. The molecule has 0 saturated carbocycles. The lowest BCUT2D eigenvalue weighted by Crippen LogP contribution is -2.14. The quantitative estimate of drug-likeness (QED) is 0.811. The van der Waals surface area contributed by atoms with Crippen LogP contribution in [0.2, 0.25) is 0 Å². The molecule has 0 atom stereocenters. The summed E-state index contributed by atoms with van der Waals surface area (Å²) >= 11 is 0. The van der Waals surface area contributed by atoms with Gasteiger partial charge in [0, 0.05) is 18.4 Å². The summed E-state index contributed by atoms with van der Waals surface area (Å²) in [6.45, 7) is 2.62. The zero-order valence-electron chi connectivity index (χ0n) is 10.6. The Balaban J connectivity index is 2.10. The summed E-state index contributed by atoms with van der Waals surface area (Å²) in [6.07, 6.45) is 3.14. The first-order valence-electron chi connectivity index (χ1n) is 5.86. The molecule has 102 valence electrons. The summed E-state index contributed by atoms with van der Waals surface area (Å²) in [7, 11) is -3.46. The number of benzene rings is 1. The van der Waals surface area contributed by atoms with Crippen LogP contribution in [0.25, 0.3) is 0 Å². The van der Waals surface area contributed by atoms with Crippen LogP contribution in [0, 0.1) is 0 Å². The molecule has 7 heteroatoms. The van der Waals surface area contributed by atoms with Crippen LogP contribution >= 0.6 is 0 Å². The minimum absolute atomic E-state index is 0.116. The van der Waals surface area contributed by atoms with E-state index in [1.54, 1.807) is 35.1 Å². The third-order valence-electron chi connectivity index (χ3n) is 2.54. The standard InChI is InChI=1S/C12H16N4O2S/c1-2-16-8-12(7-14-16)15-19(17,18)9-10-4-3-5-11(13)6-10/h3-8,15H,2,9,13H2,1H3. The van der Waals surface area contributed by atoms with Gasteiger partial charge in [-0.2, -0.15) is 5.10 Å². The second kappa shape index (κ2) is 5.31. The number of anilines is 2. The Kier molecular flexibility index (Phi) is 3.75. The predicted molar refractivity (Wildman–Crippen MR) is 75.0 cm³/mol. The normalized spacial score (nSPS) is 11.4. The molecule has 1 aromatic carbocycles. The zero-order valence-corrected chi connectivity index (χ0v) is 11.4. The number of rotatable bonds is 5. The first-order chi connectivity index (χ1) is 8.98. The third kappa shape index (κ3) is 3.72. The highest BCUT2D eigenvalue weighted by Crippen LogP contribution is 2.13. The molecule has 0 radical (unpaired) electrons. The van der Waals surface area contributed by atoms with Crippen LogP contribution < -0.4 is 10.5 Å².